The van der Waals surface area contributed by atoms with Gasteiger partial charge < -0.3 is 19.3 Å². The molecule has 2 amide bonds. The molecular weight excluding hydrogens is 511 g/mol. The van der Waals surface area contributed by atoms with Gasteiger partial charge in [0.25, 0.3) is 0 Å². The van der Waals surface area contributed by atoms with Gasteiger partial charge in [-0.15, -0.1) is 0 Å². The minimum absolute atomic E-state index is 0.0329. The number of amides is 2. The highest BCUT2D eigenvalue weighted by molar-refractivity contribution is 6.35. The summed E-state index contributed by atoms with van der Waals surface area (Å²) in [4.78, 5) is 65.2. The van der Waals surface area contributed by atoms with Crippen molar-refractivity contribution in [2.75, 3.05) is 19.7 Å². The van der Waals surface area contributed by atoms with E-state index in [-0.39, 0.29) is 38.4 Å². The number of likely N-dealkylation sites (tertiary alicyclic amines) is 1. The Labute approximate surface area is 220 Å². The summed E-state index contributed by atoms with van der Waals surface area (Å²) in [5.74, 6) is -2.74. The number of Topliss-reactive ketones (excluding diaryl/α,β-unsaturated/α-hetero) is 1. The third kappa shape index (κ3) is 5.68. The molecule has 1 aromatic rings. The molecule has 1 aromatic carbocycles. The van der Waals surface area contributed by atoms with Gasteiger partial charge in [0.05, 0.1) is 19.1 Å². The molecular formula is C25H30Cl2N2O7. The molecule has 2 aliphatic rings. The Hall–Kier alpha value is -2.62. The minimum Gasteiger partial charge on any atom is -0.444 e. The topological polar surface area (TPSA) is 102 Å². The zero-order valence-corrected chi connectivity index (χ0v) is 22.4. The van der Waals surface area contributed by atoms with E-state index in [1.807, 2.05) is 0 Å². The number of halogens is 2. The average molecular weight is 541 g/mol. The van der Waals surface area contributed by atoms with Gasteiger partial charge in [-0.05, 0) is 58.4 Å². The molecule has 0 N–H and O–H groups in total. The van der Waals surface area contributed by atoms with Gasteiger partial charge in [-0.25, -0.2) is 9.59 Å². The summed E-state index contributed by atoms with van der Waals surface area (Å²) in [6, 6.07) is 4.89. The molecule has 36 heavy (non-hydrogen) atoms. The fraction of sp³-hybridized carbons (Fsp3) is 0.520. The van der Waals surface area contributed by atoms with Crippen molar-refractivity contribution in [3.8, 4) is 0 Å². The first-order valence-electron chi connectivity index (χ1n) is 11.6. The molecule has 0 spiro atoms. The Morgan fingerprint density at radius 1 is 1.19 bits per heavy atom. The van der Waals surface area contributed by atoms with Gasteiger partial charge in [0.2, 0.25) is 5.91 Å². The number of rotatable bonds is 7. The third-order valence-corrected chi connectivity index (χ3v) is 6.54. The Kier molecular flexibility index (Phi) is 8.37. The highest BCUT2D eigenvalue weighted by Gasteiger charge is 2.64. The lowest BCUT2D eigenvalue weighted by molar-refractivity contribution is -0.279. The van der Waals surface area contributed by atoms with Crippen LogP contribution in [0.1, 0.15) is 46.6 Å². The second-order valence-electron chi connectivity index (χ2n) is 9.82. The SMILES string of the molecule is CCOOC(=O)[C@@]12CN(C(=O)OC(C)(C)C)CC=C1N(Cc1ccc(Cl)cc1Cl)C(=O)[C@H]2CC(C)=O. The van der Waals surface area contributed by atoms with Gasteiger partial charge in [-0.3, -0.25) is 9.68 Å². The van der Waals surface area contributed by atoms with E-state index in [4.69, 9.17) is 37.7 Å². The van der Waals surface area contributed by atoms with Crippen molar-refractivity contribution in [3.05, 3.63) is 45.6 Å². The molecule has 2 atom stereocenters. The monoisotopic (exact) mass is 540 g/mol. The van der Waals surface area contributed by atoms with Crippen molar-refractivity contribution in [1.29, 1.82) is 0 Å². The first-order chi connectivity index (χ1) is 16.8. The smallest absolute Gasteiger partial charge is 0.410 e. The van der Waals surface area contributed by atoms with E-state index in [1.54, 1.807) is 52.0 Å². The number of hydrogen-bond acceptors (Lipinski definition) is 7. The normalized spacial score (nSPS) is 21.7. The van der Waals surface area contributed by atoms with E-state index in [9.17, 15) is 19.2 Å². The summed E-state index contributed by atoms with van der Waals surface area (Å²) in [6.07, 6.45) is 0.724. The summed E-state index contributed by atoms with van der Waals surface area (Å²) >= 11 is 12.4. The number of hydrogen-bond donors (Lipinski definition) is 0. The van der Waals surface area contributed by atoms with Crippen molar-refractivity contribution in [2.24, 2.45) is 11.3 Å². The van der Waals surface area contributed by atoms with Crippen LogP contribution >= 0.6 is 23.2 Å². The van der Waals surface area contributed by atoms with Crippen molar-refractivity contribution >= 4 is 47.0 Å². The zero-order chi connectivity index (χ0) is 26.8. The van der Waals surface area contributed by atoms with E-state index >= 15 is 0 Å². The lowest BCUT2D eigenvalue weighted by Crippen LogP contribution is -2.54. The average Bonchev–Trinajstić information content (AvgIpc) is 3.00. The molecule has 196 valence electrons. The van der Waals surface area contributed by atoms with E-state index in [1.165, 1.54) is 16.7 Å². The standard InChI is InChI=1S/C25H30Cl2N2O7/c1-6-34-36-22(32)25-14-28(23(33)35-24(3,4)5)10-9-20(25)29(21(31)18(25)11-15(2)30)13-16-7-8-17(26)12-19(16)27/h7-9,12,18H,6,10-11,13-14H2,1-5H3/t18-,25-/m1/s1. The molecule has 1 fully saturated rings. The molecule has 0 saturated carbocycles. The second-order valence-corrected chi connectivity index (χ2v) is 10.7. The van der Waals surface area contributed by atoms with Crippen molar-refractivity contribution in [3.63, 3.8) is 0 Å². The summed E-state index contributed by atoms with van der Waals surface area (Å²) < 4.78 is 5.50. The van der Waals surface area contributed by atoms with Crippen LogP contribution in [0, 0.1) is 11.3 Å². The van der Waals surface area contributed by atoms with Crippen LogP contribution in [0.15, 0.2) is 30.0 Å². The number of ether oxygens (including phenoxy) is 1. The Morgan fingerprint density at radius 3 is 2.47 bits per heavy atom. The van der Waals surface area contributed by atoms with Gasteiger partial charge in [-0.1, -0.05) is 29.3 Å². The van der Waals surface area contributed by atoms with Crippen molar-refractivity contribution in [2.45, 2.75) is 53.2 Å². The van der Waals surface area contributed by atoms with Crippen LogP contribution in [0.3, 0.4) is 0 Å². The van der Waals surface area contributed by atoms with Crippen LogP contribution in [0.2, 0.25) is 10.0 Å². The van der Waals surface area contributed by atoms with Crippen molar-refractivity contribution in [1.82, 2.24) is 9.80 Å². The molecule has 11 heteroatoms. The molecule has 2 aliphatic heterocycles. The van der Waals surface area contributed by atoms with E-state index < -0.39 is 34.9 Å². The summed E-state index contributed by atoms with van der Waals surface area (Å²) in [5, 5.41) is 0.782. The Bertz CT molecular complexity index is 1100. The molecule has 0 aliphatic carbocycles. The maximum absolute atomic E-state index is 13.8. The second kappa shape index (κ2) is 10.8. The number of ketones is 1. The first-order valence-corrected chi connectivity index (χ1v) is 12.3. The first kappa shape index (κ1) is 28.0. The number of benzene rings is 1. The lowest BCUT2D eigenvalue weighted by atomic mass is 9.71. The quantitative estimate of drug-likeness (QED) is 0.369. The molecule has 3 rings (SSSR count). The van der Waals surface area contributed by atoms with Gasteiger partial charge >= 0.3 is 12.1 Å². The zero-order valence-electron chi connectivity index (χ0n) is 20.9. The van der Waals surface area contributed by atoms with Crippen LogP contribution in [-0.2, 0) is 35.4 Å². The Balaban J connectivity index is 2.11. The van der Waals surface area contributed by atoms with Gasteiger partial charge in [0.15, 0.2) is 0 Å². The highest BCUT2D eigenvalue weighted by atomic mass is 35.5. The molecule has 2 heterocycles. The minimum atomic E-state index is -1.67. The summed E-state index contributed by atoms with van der Waals surface area (Å²) in [6.45, 7) is 8.12. The molecule has 0 aromatic heterocycles. The van der Waals surface area contributed by atoms with E-state index in [0.29, 0.717) is 21.3 Å². The molecule has 9 nitrogen and oxygen atoms in total. The predicted molar refractivity (Wildman–Crippen MR) is 132 cm³/mol. The fourth-order valence-electron chi connectivity index (χ4n) is 4.48. The van der Waals surface area contributed by atoms with Gasteiger partial charge in [-0.2, -0.15) is 4.89 Å². The molecule has 1 saturated heterocycles. The van der Waals surface area contributed by atoms with Gasteiger partial charge in [0.1, 0.15) is 16.8 Å². The van der Waals surface area contributed by atoms with Crippen LogP contribution in [-0.4, -0.2) is 58.9 Å². The lowest BCUT2D eigenvalue weighted by Gasteiger charge is -2.40. The van der Waals surface area contributed by atoms with Crippen LogP contribution in [0.4, 0.5) is 4.79 Å². The maximum atomic E-state index is 13.8. The largest absolute Gasteiger partial charge is 0.444 e. The van der Waals surface area contributed by atoms with E-state index in [0.717, 1.165) is 0 Å². The van der Waals surface area contributed by atoms with Gasteiger partial charge in [0, 0.05) is 35.3 Å². The number of carbonyl (C=O) groups excluding carboxylic acids is 4. The van der Waals surface area contributed by atoms with E-state index in [2.05, 4.69) is 0 Å². The Morgan fingerprint density at radius 2 is 1.89 bits per heavy atom. The number of nitrogens with zero attached hydrogens (tertiary/aromatic N) is 2. The van der Waals surface area contributed by atoms with Crippen LogP contribution < -0.4 is 0 Å². The molecule has 0 radical (unpaired) electrons. The third-order valence-electron chi connectivity index (χ3n) is 5.96. The maximum Gasteiger partial charge on any atom is 0.410 e. The van der Waals surface area contributed by atoms with Crippen LogP contribution in [0.5, 0.6) is 0 Å². The number of fused-ring (bicyclic) bond motifs is 1. The summed E-state index contributed by atoms with van der Waals surface area (Å²) in [7, 11) is 0. The molecule has 0 bridgehead atoms. The highest BCUT2D eigenvalue weighted by Crippen LogP contribution is 2.51. The fourth-order valence-corrected chi connectivity index (χ4v) is 4.95. The van der Waals surface area contributed by atoms with Crippen LogP contribution in [0.25, 0.3) is 0 Å². The predicted octanol–water partition coefficient (Wildman–Crippen LogP) is 4.55. The summed E-state index contributed by atoms with van der Waals surface area (Å²) in [5.41, 5.74) is -1.53. The number of carbonyl (C=O) groups is 4. The molecule has 0 unspecified atom stereocenters. The van der Waals surface area contributed by atoms with Crippen molar-refractivity contribution < 1.29 is 33.7 Å².